The Bertz CT molecular complexity index is 531. The molecule has 0 bridgehead atoms. The lowest BCUT2D eigenvalue weighted by molar-refractivity contribution is 0.00230. The zero-order valence-corrected chi connectivity index (χ0v) is 13.7. The quantitative estimate of drug-likeness (QED) is 0.925. The van der Waals surface area contributed by atoms with Gasteiger partial charge in [-0.25, -0.2) is 4.39 Å². The molecule has 3 fully saturated rings. The third-order valence-electron chi connectivity index (χ3n) is 5.90. The van der Waals surface area contributed by atoms with Gasteiger partial charge in [0.2, 0.25) is 0 Å². The van der Waals surface area contributed by atoms with Crippen molar-refractivity contribution in [3.05, 3.63) is 35.6 Å². The van der Waals surface area contributed by atoms with Crippen LogP contribution in [0, 0.1) is 11.7 Å². The van der Waals surface area contributed by atoms with E-state index < -0.39 is 6.10 Å². The molecule has 2 aliphatic heterocycles. The largest absolute Gasteiger partial charge is 0.387 e. The second-order valence-corrected chi connectivity index (χ2v) is 7.55. The number of rotatable bonds is 4. The average Bonchev–Trinajstić information content (AvgIpc) is 3.39. The van der Waals surface area contributed by atoms with Crippen LogP contribution in [0.25, 0.3) is 0 Å². The molecular weight excluding hydrogens is 291 g/mol. The summed E-state index contributed by atoms with van der Waals surface area (Å²) in [5, 5.41) is 10.4. The third-order valence-corrected chi connectivity index (χ3v) is 5.90. The van der Waals surface area contributed by atoms with E-state index in [1.165, 1.54) is 50.8 Å². The molecule has 1 N–H and O–H groups in total. The van der Waals surface area contributed by atoms with Crippen LogP contribution in [0.5, 0.6) is 0 Å². The lowest BCUT2D eigenvalue weighted by Crippen LogP contribution is -2.55. The van der Waals surface area contributed by atoms with Crippen molar-refractivity contribution in [3.8, 4) is 0 Å². The number of aliphatic hydroxyl groups excluding tert-OH is 1. The van der Waals surface area contributed by atoms with Crippen LogP contribution in [-0.4, -0.2) is 53.2 Å². The normalized spacial score (nSPS) is 30.9. The Morgan fingerprint density at radius 2 is 1.87 bits per heavy atom. The molecule has 0 amide bonds. The van der Waals surface area contributed by atoms with Gasteiger partial charge in [-0.05, 0) is 68.8 Å². The monoisotopic (exact) mass is 318 g/mol. The van der Waals surface area contributed by atoms with Gasteiger partial charge in [0.05, 0.1) is 6.10 Å². The lowest BCUT2D eigenvalue weighted by Gasteiger charge is -2.48. The van der Waals surface area contributed by atoms with Crippen LogP contribution in [0.1, 0.15) is 43.8 Å². The molecule has 0 radical (unpaired) electrons. The van der Waals surface area contributed by atoms with Crippen LogP contribution in [-0.2, 0) is 0 Å². The molecule has 1 aromatic rings. The van der Waals surface area contributed by atoms with Crippen molar-refractivity contribution < 1.29 is 9.50 Å². The van der Waals surface area contributed by atoms with Gasteiger partial charge in [0.1, 0.15) is 5.82 Å². The Hall–Kier alpha value is -0.970. The van der Waals surface area contributed by atoms with E-state index >= 15 is 0 Å². The van der Waals surface area contributed by atoms with Crippen molar-refractivity contribution in [3.63, 3.8) is 0 Å². The molecule has 1 aliphatic carbocycles. The molecule has 2 heterocycles. The average molecular weight is 318 g/mol. The topological polar surface area (TPSA) is 26.7 Å². The predicted molar refractivity (Wildman–Crippen MR) is 88.7 cm³/mol. The van der Waals surface area contributed by atoms with E-state index in [2.05, 4.69) is 9.80 Å². The molecule has 0 spiro atoms. The standard InChI is InChI=1S/C19H27FN2O/c20-16-5-3-14(4-6-16)19(23)13-21-11-9-18-15(12-21)2-1-10-22(18)17-7-8-17/h3-6,15,17-19,23H,1-2,7-13H2/t15-,18+,19-/m1/s1. The fourth-order valence-electron chi connectivity index (χ4n) is 4.58. The third kappa shape index (κ3) is 3.44. The second kappa shape index (κ2) is 6.50. The van der Waals surface area contributed by atoms with Crippen LogP contribution in [0.15, 0.2) is 24.3 Å². The summed E-state index contributed by atoms with van der Waals surface area (Å²) in [6.07, 6.45) is 6.17. The number of benzene rings is 1. The van der Waals surface area contributed by atoms with Crippen LogP contribution < -0.4 is 0 Å². The SMILES string of the molecule is O[C@H](CN1CC[C@H]2[C@H](CCCN2C2CC2)C1)c1ccc(F)cc1. The minimum Gasteiger partial charge on any atom is -0.387 e. The summed E-state index contributed by atoms with van der Waals surface area (Å²) in [5.74, 6) is 0.516. The first-order valence-electron chi connectivity index (χ1n) is 9.12. The number of hydrogen-bond acceptors (Lipinski definition) is 3. The maximum Gasteiger partial charge on any atom is 0.123 e. The molecule has 0 aromatic heterocycles. The van der Waals surface area contributed by atoms with Gasteiger partial charge < -0.3 is 10.0 Å². The summed E-state index contributed by atoms with van der Waals surface area (Å²) < 4.78 is 13.0. The number of hydrogen-bond donors (Lipinski definition) is 1. The minimum absolute atomic E-state index is 0.246. The number of nitrogens with zero attached hydrogens (tertiary/aromatic N) is 2. The summed E-state index contributed by atoms with van der Waals surface area (Å²) in [4.78, 5) is 5.19. The van der Waals surface area contributed by atoms with Gasteiger partial charge in [-0.15, -0.1) is 0 Å². The van der Waals surface area contributed by atoms with Gasteiger partial charge >= 0.3 is 0 Å². The number of β-amino-alcohol motifs (C(OH)–C–C–N with tert-alkyl or cyclic N) is 1. The molecule has 4 rings (SSSR count). The second-order valence-electron chi connectivity index (χ2n) is 7.55. The van der Waals surface area contributed by atoms with Crippen molar-refractivity contribution in [2.45, 2.75) is 50.3 Å². The summed E-state index contributed by atoms with van der Waals surface area (Å²) in [7, 11) is 0. The van der Waals surface area contributed by atoms with Crippen molar-refractivity contribution in [1.29, 1.82) is 0 Å². The highest BCUT2D eigenvalue weighted by atomic mass is 19.1. The van der Waals surface area contributed by atoms with Gasteiger partial charge in [0.25, 0.3) is 0 Å². The first-order valence-corrected chi connectivity index (χ1v) is 9.12. The maximum atomic E-state index is 13.0. The number of piperidine rings is 2. The maximum absolute atomic E-state index is 13.0. The molecule has 23 heavy (non-hydrogen) atoms. The molecule has 2 saturated heterocycles. The lowest BCUT2D eigenvalue weighted by atomic mass is 9.83. The van der Waals surface area contributed by atoms with E-state index in [4.69, 9.17) is 0 Å². The molecule has 0 unspecified atom stereocenters. The summed E-state index contributed by atoms with van der Waals surface area (Å²) in [5.41, 5.74) is 0.816. The Balaban J connectivity index is 1.35. The van der Waals surface area contributed by atoms with Crippen LogP contribution >= 0.6 is 0 Å². The number of halogens is 1. The Morgan fingerprint density at radius 1 is 1.09 bits per heavy atom. The van der Waals surface area contributed by atoms with Crippen LogP contribution in [0.4, 0.5) is 4.39 Å². The molecule has 3 aliphatic rings. The van der Waals surface area contributed by atoms with E-state index in [1.807, 2.05) is 0 Å². The van der Waals surface area contributed by atoms with Gasteiger partial charge in [-0.1, -0.05) is 12.1 Å². The molecule has 126 valence electrons. The Morgan fingerprint density at radius 3 is 2.61 bits per heavy atom. The zero-order chi connectivity index (χ0) is 15.8. The highest BCUT2D eigenvalue weighted by molar-refractivity contribution is 5.18. The number of fused-ring (bicyclic) bond motifs is 1. The predicted octanol–water partition coefficient (Wildman–Crippen LogP) is 2.81. The summed E-state index contributed by atoms with van der Waals surface area (Å²) in [6, 6.07) is 7.90. The molecule has 1 aromatic carbocycles. The fraction of sp³-hybridized carbons (Fsp3) is 0.684. The van der Waals surface area contributed by atoms with Crippen molar-refractivity contribution in [2.75, 3.05) is 26.2 Å². The first kappa shape index (κ1) is 15.6. The molecular formula is C19H27FN2O. The van der Waals surface area contributed by atoms with Gasteiger partial charge in [0, 0.05) is 25.2 Å². The first-order chi connectivity index (χ1) is 11.2. The smallest absolute Gasteiger partial charge is 0.123 e. The van der Waals surface area contributed by atoms with Crippen molar-refractivity contribution in [1.82, 2.24) is 9.80 Å². The molecule has 1 saturated carbocycles. The van der Waals surface area contributed by atoms with Gasteiger partial charge in [-0.3, -0.25) is 4.90 Å². The van der Waals surface area contributed by atoms with Crippen LogP contribution in [0.2, 0.25) is 0 Å². The zero-order valence-electron chi connectivity index (χ0n) is 13.7. The van der Waals surface area contributed by atoms with E-state index in [-0.39, 0.29) is 5.82 Å². The highest BCUT2D eigenvalue weighted by Crippen LogP contribution is 2.38. The highest BCUT2D eigenvalue weighted by Gasteiger charge is 2.42. The van der Waals surface area contributed by atoms with Gasteiger partial charge in [-0.2, -0.15) is 0 Å². The van der Waals surface area contributed by atoms with Gasteiger partial charge in [0.15, 0.2) is 0 Å². The van der Waals surface area contributed by atoms with E-state index in [9.17, 15) is 9.50 Å². The summed E-state index contributed by atoms with van der Waals surface area (Å²) in [6.45, 7) is 4.14. The van der Waals surface area contributed by atoms with Crippen molar-refractivity contribution in [2.24, 2.45) is 5.92 Å². The molecule has 3 nitrogen and oxygen atoms in total. The molecule has 4 heteroatoms. The summed E-state index contributed by atoms with van der Waals surface area (Å²) >= 11 is 0. The van der Waals surface area contributed by atoms with Crippen molar-refractivity contribution >= 4 is 0 Å². The molecule has 3 atom stereocenters. The van der Waals surface area contributed by atoms with E-state index in [1.54, 1.807) is 12.1 Å². The number of aliphatic hydroxyl groups is 1. The Kier molecular flexibility index (Phi) is 4.39. The Labute approximate surface area is 138 Å². The number of likely N-dealkylation sites (tertiary alicyclic amines) is 2. The minimum atomic E-state index is -0.518. The van der Waals surface area contributed by atoms with E-state index in [0.717, 1.165) is 36.7 Å². The van der Waals surface area contributed by atoms with E-state index in [0.29, 0.717) is 6.54 Å². The fourth-order valence-corrected chi connectivity index (χ4v) is 4.58. The van der Waals surface area contributed by atoms with Crippen LogP contribution in [0.3, 0.4) is 0 Å².